The fourth-order valence-electron chi connectivity index (χ4n) is 3.39. The van der Waals surface area contributed by atoms with Crippen LogP contribution in [0.25, 0.3) is 0 Å². The third-order valence-electron chi connectivity index (χ3n) is 5.16. The molecule has 1 heterocycles. The summed E-state index contributed by atoms with van der Waals surface area (Å²) in [7, 11) is 0. The monoisotopic (exact) mass is 380 g/mol. The van der Waals surface area contributed by atoms with Gasteiger partial charge in [0, 0.05) is 24.3 Å². The summed E-state index contributed by atoms with van der Waals surface area (Å²) in [5.74, 6) is -1.38. The molecule has 2 aromatic rings. The molecule has 1 saturated heterocycles. The minimum Gasteiger partial charge on any atom is -0.481 e. The third kappa shape index (κ3) is 4.76. The van der Waals surface area contributed by atoms with Crippen molar-refractivity contribution in [1.82, 2.24) is 4.90 Å². The van der Waals surface area contributed by atoms with Crippen LogP contribution in [-0.4, -0.2) is 40.9 Å². The second-order valence-corrected chi connectivity index (χ2v) is 7.13. The van der Waals surface area contributed by atoms with Crippen molar-refractivity contribution in [1.29, 1.82) is 0 Å². The second-order valence-electron chi connectivity index (χ2n) is 7.13. The van der Waals surface area contributed by atoms with Gasteiger partial charge in [0.25, 0.3) is 5.91 Å². The molecule has 0 unspecified atom stereocenters. The maximum atomic E-state index is 12.6. The van der Waals surface area contributed by atoms with E-state index in [-0.39, 0.29) is 17.7 Å². The number of hydrogen-bond donors (Lipinski definition) is 2. The van der Waals surface area contributed by atoms with Crippen molar-refractivity contribution in [2.24, 2.45) is 5.92 Å². The number of aryl methyl sites for hydroxylation is 1. The SMILES string of the molecule is Cc1ccccc1CC(=O)Nc1ccc(C(=O)N2CCC(C(=O)O)CC2)cc1. The first-order valence-corrected chi connectivity index (χ1v) is 9.40. The minimum atomic E-state index is -0.794. The topological polar surface area (TPSA) is 86.7 Å². The lowest BCUT2D eigenvalue weighted by atomic mass is 9.96. The quantitative estimate of drug-likeness (QED) is 0.834. The molecule has 0 radical (unpaired) electrons. The van der Waals surface area contributed by atoms with E-state index in [9.17, 15) is 14.4 Å². The van der Waals surface area contributed by atoms with Crippen LogP contribution in [0.4, 0.5) is 5.69 Å². The Balaban J connectivity index is 1.56. The third-order valence-corrected chi connectivity index (χ3v) is 5.16. The van der Waals surface area contributed by atoms with Crippen LogP contribution >= 0.6 is 0 Å². The fraction of sp³-hybridized carbons (Fsp3) is 0.318. The molecular weight excluding hydrogens is 356 g/mol. The Morgan fingerprint density at radius 1 is 1.04 bits per heavy atom. The summed E-state index contributed by atoms with van der Waals surface area (Å²) in [5, 5.41) is 11.9. The van der Waals surface area contributed by atoms with Crippen molar-refractivity contribution in [2.75, 3.05) is 18.4 Å². The standard InChI is InChI=1S/C22H24N2O4/c1-15-4-2-3-5-18(15)14-20(25)23-19-8-6-16(7-9-19)21(26)24-12-10-17(11-13-24)22(27)28/h2-9,17H,10-14H2,1H3,(H,23,25)(H,27,28). The van der Waals surface area contributed by atoms with Gasteiger partial charge in [0.1, 0.15) is 0 Å². The molecular formula is C22H24N2O4. The van der Waals surface area contributed by atoms with Crippen LogP contribution in [0.2, 0.25) is 0 Å². The van der Waals surface area contributed by atoms with E-state index in [0.29, 0.717) is 43.6 Å². The van der Waals surface area contributed by atoms with Crippen LogP contribution in [0.1, 0.15) is 34.3 Å². The Bertz CT molecular complexity index is 868. The second kappa shape index (κ2) is 8.69. The number of piperidine rings is 1. The molecule has 2 N–H and O–H groups in total. The number of nitrogens with one attached hydrogen (secondary N) is 1. The molecule has 0 aromatic heterocycles. The van der Waals surface area contributed by atoms with Gasteiger partial charge < -0.3 is 15.3 Å². The molecule has 6 heteroatoms. The molecule has 28 heavy (non-hydrogen) atoms. The van der Waals surface area contributed by atoms with E-state index in [0.717, 1.165) is 11.1 Å². The number of carbonyl (C=O) groups excluding carboxylic acids is 2. The summed E-state index contributed by atoms with van der Waals surface area (Å²) in [6, 6.07) is 14.6. The van der Waals surface area contributed by atoms with Crippen molar-refractivity contribution in [3.05, 3.63) is 65.2 Å². The van der Waals surface area contributed by atoms with Crippen molar-refractivity contribution >= 4 is 23.5 Å². The molecule has 1 fully saturated rings. The van der Waals surface area contributed by atoms with Crippen molar-refractivity contribution in [3.63, 3.8) is 0 Å². The van der Waals surface area contributed by atoms with Crippen molar-refractivity contribution in [3.8, 4) is 0 Å². The molecule has 0 bridgehead atoms. The molecule has 0 saturated carbocycles. The number of aliphatic carboxylic acids is 1. The van der Waals surface area contributed by atoms with Gasteiger partial charge in [-0.15, -0.1) is 0 Å². The zero-order valence-corrected chi connectivity index (χ0v) is 15.9. The minimum absolute atomic E-state index is 0.107. The van der Waals surface area contributed by atoms with Gasteiger partial charge in [0.15, 0.2) is 0 Å². The number of hydrogen-bond acceptors (Lipinski definition) is 3. The molecule has 0 atom stereocenters. The Morgan fingerprint density at radius 3 is 2.29 bits per heavy atom. The van der Waals surface area contributed by atoms with E-state index >= 15 is 0 Å². The largest absolute Gasteiger partial charge is 0.481 e. The highest BCUT2D eigenvalue weighted by Gasteiger charge is 2.27. The maximum absolute atomic E-state index is 12.6. The molecule has 2 aromatic carbocycles. The first-order valence-electron chi connectivity index (χ1n) is 9.40. The summed E-state index contributed by atoms with van der Waals surface area (Å²) in [6.45, 7) is 2.87. The number of anilines is 1. The van der Waals surface area contributed by atoms with Crippen LogP contribution in [0, 0.1) is 12.8 Å². The van der Waals surface area contributed by atoms with Gasteiger partial charge in [-0.3, -0.25) is 14.4 Å². The average Bonchev–Trinajstić information content (AvgIpc) is 2.70. The fourth-order valence-corrected chi connectivity index (χ4v) is 3.39. The van der Waals surface area contributed by atoms with Crippen LogP contribution in [-0.2, 0) is 16.0 Å². The van der Waals surface area contributed by atoms with Crippen LogP contribution < -0.4 is 5.32 Å². The van der Waals surface area contributed by atoms with Crippen molar-refractivity contribution in [2.45, 2.75) is 26.2 Å². The number of carboxylic acids is 1. The van der Waals surface area contributed by atoms with Gasteiger partial charge in [0.05, 0.1) is 12.3 Å². The summed E-state index contributed by atoms with van der Waals surface area (Å²) >= 11 is 0. The molecule has 0 spiro atoms. The summed E-state index contributed by atoms with van der Waals surface area (Å²) in [5.41, 5.74) is 3.23. The van der Waals surface area contributed by atoms with E-state index in [1.165, 1.54) is 0 Å². The van der Waals surface area contributed by atoms with E-state index in [4.69, 9.17) is 5.11 Å². The number of benzene rings is 2. The van der Waals surface area contributed by atoms with Gasteiger partial charge in [-0.1, -0.05) is 24.3 Å². The zero-order valence-electron chi connectivity index (χ0n) is 15.9. The van der Waals surface area contributed by atoms with E-state index in [1.807, 2.05) is 31.2 Å². The number of likely N-dealkylation sites (tertiary alicyclic amines) is 1. The summed E-state index contributed by atoms with van der Waals surface area (Å²) < 4.78 is 0. The highest BCUT2D eigenvalue weighted by molar-refractivity contribution is 5.96. The number of amides is 2. The molecule has 6 nitrogen and oxygen atoms in total. The van der Waals surface area contributed by atoms with Gasteiger partial charge >= 0.3 is 5.97 Å². The molecule has 1 aliphatic heterocycles. The number of carboxylic acid groups (broad SMARTS) is 1. The Labute approximate surface area is 164 Å². The van der Waals surface area contributed by atoms with Crippen LogP contribution in [0.5, 0.6) is 0 Å². The number of nitrogens with zero attached hydrogens (tertiary/aromatic N) is 1. The predicted molar refractivity (Wildman–Crippen MR) is 106 cm³/mol. The lowest BCUT2D eigenvalue weighted by molar-refractivity contribution is -0.143. The molecule has 0 aliphatic carbocycles. The van der Waals surface area contributed by atoms with E-state index < -0.39 is 5.97 Å². The molecule has 1 aliphatic rings. The highest BCUT2D eigenvalue weighted by atomic mass is 16.4. The first-order chi connectivity index (χ1) is 13.4. The smallest absolute Gasteiger partial charge is 0.306 e. The van der Waals surface area contributed by atoms with E-state index in [2.05, 4.69) is 5.32 Å². The first kappa shape index (κ1) is 19.6. The number of rotatable bonds is 5. The molecule has 146 valence electrons. The van der Waals surface area contributed by atoms with Crippen molar-refractivity contribution < 1.29 is 19.5 Å². The number of carbonyl (C=O) groups is 3. The summed E-state index contributed by atoms with van der Waals surface area (Å²) in [6.07, 6.45) is 1.26. The van der Waals surface area contributed by atoms with Gasteiger partial charge in [-0.2, -0.15) is 0 Å². The maximum Gasteiger partial charge on any atom is 0.306 e. The van der Waals surface area contributed by atoms with Gasteiger partial charge in [-0.25, -0.2) is 0 Å². The average molecular weight is 380 g/mol. The highest BCUT2D eigenvalue weighted by Crippen LogP contribution is 2.20. The van der Waals surface area contributed by atoms with Crippen LogP contribution in [0.15, 0.2) is 48.5 Å². The zero-order chi connectivity index (χ0) is 20.1. The summed E-state index contributed by atoms with van der Waals surface area (Å²) in [4.78, 5) is 37.5. The molecule has 3 rings (SSSR count). The Hall–Kier alpha value is -3.15. The lowest BCUT2D eigenvalue weighted by Gasteiger charge is -2.30. The Morgan fingerprint density at radius 2 is 1.68 bits per heavy atom. The normalized spacial score (nSPS) is 14.5. The van der Waals surface area contributed by atoms with E-state index in [1.54, 1.807) is 29.2 Å². The van der Waals surface area contributed by atoms with Gasteiger partial charge in [0.2, 0.25) is 5.91 Å². The lowest BCUT2D eigenvalue weighted by Crippen LogP contribution is -2.40. The predicted octanol–water partition coefficient (Wildman–Crippen LogP) is 3.11. The molecule has 2 amide bonds. The Kier molecular flexibility index (Phi) is 6.09. The van der Waals surface area contributed by atoms with Gasteiger partial charge in [-0.05, 0) is 55.2 Å². The van der Waals surface area contributed by atoms with Crippen LogP contribution in [0.3, 0.4) is 0 Å².